The van der Waals surface area contributed by atoms with Crippen LogP contribution < -0.4 is 11.1 Å². The van der Waals surface area contributed by atoms with Crippen LogP contribution in [0.4, 0.5) is 0 Å². The molecule has 0 spiro atoms. The molecule has 0 aliphatic carbocycles. The van der Waals surface area contributed by atoms with Crippen LogP contribution in [0.2, 0.25) is 0 Å². The summed E-state index contributed by atoms with van der Waals surface area (Å²) in [6.45, 7) is 6.62. The quantitative estimate of drug-likeness (QED) is 0.498. The first-order valence-corrected chi connectivity index (χ1v) is 4.97. The molecule has 0 fully saturated rings. The van der Waals surface area contributed by atoms with E-state index in [0.29, 0.717) is 0 Å². The molecule has 0 aliphatic rings. The normalized spacial score (nSPS) is 18.1. The molecule has 1 amide bonds. The molecule has 0 aromatic heterocycles. The van der Waals surface area contributed by atoms with Crippen molar-refractivity contribution in [2.45, 2.75) is 39.3 Å². The van der Waals surface area contributed by atoms with Crippen molar-refractivity contribution in [1.82, 2.24) is 5.32 Å². The summed E-state index contributed by atoms with van der Waals surface area (Å²) in [4.78, 5) is 11.5. The van der Waals surface area contributed by atoms with E-state index in [9.17, 15) is 9.90 Å². The number of hydrogen-bond acceptors (Lipinski definition) is 4. The first-order chi connectivity index (χ1) is 6.60. The van der Waals surface area contributed by atoms with Crippen molar-refractivity contribution in [3.8, 4) is 0 Å². The predicted octanol–water partition coefficient (Wildman–Crippen LogP) is -0.781. The van der Waals surface area contributed by atoms with E-state index in [2.05, 4.69) is 5.32 Å². The number of aliphatic hydroxyl groups excluding tert-OH is 1. The van der Waals surface area contributed by atoms with Crippen LogP contribution in [0.1, 0.15) is 27.7 Å². The lowest BCUT2D eigenvalue weighted by Gasteiger charge is -2.28. The summed E-state index contributed by atoms with van der Waals surface area (Å²) in [6.07, 6.45) is 0. The third-order valence-electron chi connectivity index (χ3n) is 2.20. The standard InChI is InChI=1S/C10H22N2O3/c1-9(2,3)7(11)8(14)12-5-10(4,15)6-13/h7,13,15H,5-6,11H2,1-4H3,(H,12,14)/t7-,10?/m0/s1. The summed E-state index contributed by atoms with van der Waals surface area (Å²) >= 11 is 0. The van der Waals surface area contributed by atoms with Crippen LogP contribution >= 0.6 is 0 Å². The molecular weight excluding hydrogens is 196 g/mol. The fourth-order valence-electron chi connectivity index (χ4n) is 0.837. The fraction of sp³-hybridized carbons (Fsp3) is 0.900. The maximum atomic E-state index is 11.5. The Bertz CT molecular complexity index is 221. The topological polar surface area (TPSA) is 95.6 Å². The van der Waals surface area contributed by atoms with E-state index >= 15 is 0 Å². The maximum absolute atomic E-state index is 11.5. The highest BCUT2D eigenvalue weighted by Crippen LogP contribution is 2.17. The van der Waals surface area contributed by atoms with Crippen LogP contribution in [-0.2, 0) is 4.79 Å². The lowest BCUT2D eigenvalue weighted by Crippen LogP contribution is -2.52. The Labute approximate surface area is 90.7 Å². The summed E-state index contributed by atoms with van der Waals surface area (Å²) < 4.78 is 0. The van der Waals surface area contributed by atoms with Gasteiger partial charge in [0.05, 0.1) is 12.6 Å². The highest BCUT2D eigenvalue weighted by molar-refractivity contribution is 5.82. The van der Waals surface area contributed by atoms with E-state index in [0.717, 1.165) is 0 Å². The molecule has 5 N–H and O–H groups in total. The SMILES string of the molecule is CC(O)(CO)CNC(=O)[C@H](N)C(C)(C)C. The second-order valence-corrected chi connectivity index (χ2v) is 5.22. The molecule has 0 aliphatic heterocycles. The molecule has 1 unspecified atom stereocenters. The van der Waals surface area contributed by atoms with Gasteiger partial charge in [-0.2, -0.15) is 0 Å². The van der Waals surface area contributed by atoms with Gasteiger partial charge in [-0.3, -0.25) is 4.79 Å². The number of nitrogens with one attached hydrogen (secondary N) is 1. The maximum Gasteiger partial charge on any atom is 0.237 e. The molecule has 90 valence electrons. The van der Waals surface area contributed by atoms with Crippen LogP contribution in [0.15, 0.2) is 0 Å². The van der Waals surface area contributed by atoms with E-state index in [-0.39, 0.29) is 17.9 Å². The summed E-state index contributed by atoms with van der Waals surface area (Å²) in [5.41, 5.74) is 4.09. The van der Waals surface area contributed by atoms with Crippen molar-refractivity contribution < 1.29 is 15.0 Å². The molecule has 5 heteroatoms. The number of nitrogens with two attached hydrogens (primary N) is 1. The van der Waals surface area contributed by atoms with Gasteiger partial charge in [0, 0.05) is 6.54 Å². The number of rotatable bonds is 4. The Kier molecular flexibility index (Phi) is 4.70. The molecule has 0 saturated carbocycles. The minimum absolute atomic E-state index is 0.00782. The van der Waals surface area contributed by atoms with Crippen molar-refractivity contribution in [2.75, 3.05) is 13.2 Å². The Morgan fingerprint density at radius 1 is 1.40 bits per heavy atom. The van der Waals surface area contributed by atoms with Crippen molar-refractivity contribution in [3.63, 3.8) is 0 Å². The fourth-order valence-corrected chi connectivity index (χ4v) is 0.837. The second kappa shape index (κ2) is 4.92. The number of aliphatic hydroxyl groups is 2. The highest BCUT2D eigenvalue weighted by Gasteiger charge is 2.29. The Morgan fingerprint density at radius 3 is 2.20 bits per heavy atom. The molecule has 0 bridgehead atoms. The van der Waals surface area contributed by atoms with Crippen LogP contribution in [0.25, 0.3) is 0 Å². The molecule has 0 heterocycles. The van der Waals surface area contributed by atoms with E-state index in [1.807, 2.05) is 20.8 Å². The van der Waals surface area contributed by atoms with E-state index < -0.39 is 18.2 Å². The minimum Gasteiger partial charge on any atom is -0.393 e. The van der Waals surface area contributed by atoms with Gasteiger partial charge in [0.25, 0.3) is 0 Å². The first kappa shape index (κ1) is 14.3. The monoisotopic (exact) mass is 218 g/mol. The summed E-state index contributed by atoms with van der Waals surface area (Å²) in [5.74, 6) is -0.323. The third kappa shape index (κ3) is 5.11. The zero-order valence-corrected chi connectivity index (χ0v) is 9.87. The second-order valence-electron chi connectivity index (χ2n) is 5.22. The van der Waals surface area contributed by atoms with Crippen LogP contribution in [0.5, 0.6) is 0 Å². The van der Waals surface area contributed by atoms with Gasteiger partial charge in [0.1, 0.15) is 5.60 Å². The molecule has 0 saturated heterocycles. The number of carbonyl (C=O) groups excluding carboxylic acids is 1. The Balaban J connectivity index is 4.17. The molecule has 5 nitrogen and oxygen atoms in total. The summed E-state index contributed by atoms with van der Waals surface area (Å²) in [5, 5.41) is 20.7. The summed E-state index contributed by atoms with van der Waals surface area (Å²) in [7, 11) is 0. The number of amides is 1. The zero-order chi connectivity index (χ0) is 12.3. The van der Waals surface area contributed by atoms with Crippen LogP contribution in [0, 0.1) is 5.41 Å². The zero-order valence-electron chi connectivity index (χ0n) is 9.87. The van der Waals surface area contributed by atoms with E-state index in [4.69, 9.17) is 10.8 Å². The molecule has 2 atom stereocenters. The smallest absolute Gasteiger partial charge is 0.237 e. The Morgan fingerprint density at radius 2 is 1.87 bits per heavy atom. The van der Waals surface area contributed by atoms with Gasteiger partial charge in [0.15, 0.2) is 0 Å². The third-order valence-corrected chi connectivity index (χ3v) is 2.20. The van der Waals surface area contributed by atoms with Crippen molar-refractivity contribution in [2.24, 2.45) is 11.1 Å². The predicted molar refractivity (Wildman–Crippen MR) is 58.1 cm³/mol. The average molecular weight is 218 g/mol. The van der Waals surface area contributed by atoms with Gasteiger partial charge in [-0.05, 0) is 12.3 Å². The van der Waals surface area contributed by atoms with Gasteiger partial charge in [-0.25, -0.2) is 0 Å². The van der Waals surface area contributed by atoms with Crippen LogP contribution in [0.3, 0.4) is 0 Å². The average Bonchev–Trinajstić information content (AvgIpc) is 2.11. The Hall–Kier alpha value is -0.650. The van der Waals surface area contributed by atoms with Crippen LogP contribution in [-0.4, -0.2) is 40.9 Å². The number of carbonyl (C=O) groups is 1. The number of hydrogen-bond donors (Lipinski definition) is 4. The van der Waals surface area contributed by atoms with Gasteiger partial charge < -0.3 is 21.3 Å². The molecule has 0 rings (SSSR count). The first-order valence-electron chi connectivity index (χ1n) is 4.97. The van der Waals surface area contributed by atoms with Gasteiger partial charge in [-0.15, -0.1) is 0 Å². The van der Waals surface area contributed by atoms with E-state index in [1.165, 1.54) is 6.92 Å². The van der Waals surface area contributed by atoms with Gasteiger partial charge in [0.2, 0.25) is 5.91 Å². The van der Waals surface area contributed by atoms with Crippen molar-refractivity contribution in [1.29, 1.82) is 0 Å². The van der Waals surface area contributed by atoms with Crippen molar-refractivity contribution >= 4 is 5.91 Å². The van der Waals surface area contributed by atoms with Crippen molar-refractivity contribution in [3.05, 3.63) is 0 Å². The van der Waals surface area contributed by atoms with Gasteiger partial charge in [-0.1, -0.05) is 20.8 Å². The molecular formula is C10H22N2O3. The minimum atomic E-state index is -1.30. The highest BCUT2D eigenvalue weighted by atomic mass is 16.3. The molecule has 15 heavy (non-hydrogen) atoms. The molecule has 0 aromatic carbocycles. The largest absolute Gasteiger partial charge is 0.393 e. The molecule has 0 aromatic rings. The van der Waals surface area contributed by atoms with E-state index in [1.54, 1.807) is 0 Å². The summed E-state index contributed by atoms with van der Waals surface area (Å²) in [6, 6.07) is -0.632. The lowest BCUT2D eigenvalue weighted by molar-refractivity contribution is -0.126. The lowest BCUT2D eigenvalue weighted by atomic mass is 9.87. The van der Waals surface area contributed by atoms with Gasteiger partial charge >= 0.3 is 0 Å². The molecule has 0 radical (unpaired) electrons.